The zero-order valence-electron chi connectivity index (χ0n) is 10.8. The summed E-state index contributed by atoms with van der Waals surface area (Å²) in [5.41, 5.74) is 6.94. The topological polar surface area (TPSA) is 81.8 Å². The molecule has 0 saturated carbocycles. The van der Waals surface area contributed by atoms with E-state index in [4.69, 9.17) is 31.9 Å². The first kappa shape index (κ1) is 14.0. The van der Waals surface area contributed by atoms with Gasteiger partial charge in [0.1, 0.15) is 19.3 Å². The first-order valence-electron chi connectivity index (χ1n) is 6.03. The lowest BCUT2D eigenvalue weighted by Gasteiger charge is -2.26. The van der Waals surface area contributed by atoms with E-state index in [0.717, 1.165) is 5.56 Å². The molecule has 0 aromatic heterocycles. The van der Waals surface area contributed by atoms with E-state index in [1.807, 2.05) is 13.8 Å². The molecule has 3 N–H and O–H groups in total. The molecule has 0 aliphatic carbocycles. The van der Waals surface area contributed by atoms with Crippen molar-refractivity contribution in [1.29, 1.82) is 0 Å². The van der Waals surface area contributed by atoms with Crippen molar-refractivity contribution >= 4 is 17.6 Å². The van der Waals surface area contributed by atoms with Crippen molar-refractivity contribution in [2.45, 2.75) is 25.8 Å². The van der Waals surface area contributed by atoms with E-state index in [1.54, 1.807) is 6.07 Å². The summed E-state index contributed by atoms with van der Waals surface area (Å²) in [7, 11) is 0. The number of ether oxygens (including phenoxy) is 2. The normalized spacial score (nSPS) is 15.4. The number of nitrogens with two attached hydrogens (primary N) is 1. The number of carboxylic acid groups (broad SMARTS) is 1. The van der Waals surface area contributed by atoms with Gasteiger partial charge in [-0.2, -0.15) is 0 Å². The lowest BCUT2D eigenvalue weighted by molar-refractivity contribution is -0.138. The zero-order chi connectivity index (χ0) is 14.2. The van der Waals surface area contributed by atoms with Crippen LogP contribution >= 0.6 is 11.6 Å². The average molecular weight is 286 g/mol. The smallest absolute Gasteiger partial charge is 0.325 e. The van der Waals surface area contributed by atoms with Crippen molar-refractivity contribution in [3.05, 3.63) is 22.2 Å². The summed E-state index contributed by atoms with van der Waals surface area (Å²) in [6, 6.07) is 0.425. The van der Waals surface area contributed by atoms with Crippen LogP contribution in [0.5, 0.6) is 11.5 Å². The molecule has 1 aromatic carbocycles. The van der Waals surface area contributed by atoms with Crippen LogP contribution in [0.25, 0.3) is 0 Å². The van der Waals surface area contributed by atoms with Gasteiger partial charge in [-0.1, -0.05) is 25.4 Å². The minimum absolute atomic E-state index is 0.0492. The fraction of sp³-hybridized carbons (Fsp3) is 0.462. The van der Waals surface area contributed by atoms with E-state index >= 15 is 0 Å². The Morgan fingerprint density at radius 3 is 2.47 bits per heavy atom. The van der Waals surface area contributed by atoms with Crippen LogP contribution in [-0.4, -0.2) is 24.3 Å². The Morgan fingerprint density at radius 2 is 1.95 bits per heavy atom. The Hall–Kier alpha value is -1.46. The van der Waals surface area contributed by atoms with Crippen LogP contribution in [0.4, 0.5) is 0 Å². The zero-order valence-corrected chi connectivity index (χ0v) is 11.5. The highest BCUT2D eigenvalue weighted by molar-refractivity contribution is 6.32. The van der Waals surface area contributed by atoms with Gasteiger partial charge in [0.25, 0.3) is 0 Å². The third-order valence-electron chi connectivity index (χ3n) is 3.02. The molecule has 0 spiro atoms. The second-order valence-electron chi connectivity index (χ2n) is 4.69. The fourth-order valence-corrected chi connectivity index (χ4v) is 2.45. The minimum atomic E-state index is -1.13. The first-order valence-corrected chi connectivity index (χ1v) is 6.41. The molecule has 0 amide bonds. The molecule has 1 aliphatic heterocycles. The Bertz CT molecular complexity index is 516. The highest BCUT2D eigenvalue weighted by Gasteiger charge is 2.29. The van der Waals surface area contributed by atoms with Crippen LogP contribution in [0, 0.1) is 0 Å². The lowest BCUT2D eigenvalue weighted by atomic mass is 9.91. The van der Waals surface area contributed by atoms with Crippen LogP contribution < -0.4 is 15.2 Å². The number of hydrogen-bond acceptors (Lipinski definition) is 4. The minimum Gasteiger partial charge on any atom is -0.486 e. The van der Waals surface area contributed by atoms with Gasteiger partial charge in [0.2, 0.25) is 0 Å². The fourth-order valence-electron chi connectivity index (χ4n) is 2.19. The Kier molecular flexibility index (Phi) is 3.87. The molecule has 0 bridgehead atoms. The molecule has 104 valence electrons. The van der Waals surface area contributed by atoms with Gasteiger partial charge < -0.3 is 20.3 Å². The van der Waals surface area contributed by atoms with E-state index in [0.29, 0.717) is 35.3 Å². The maximum absolute atomic E-state index is 11.1. The van der Waals surface area contributed by atoms with E-state index in [1.165, 1.54) is 0 Å². The van der Waals surface area contributed by atoms with Crippen molar-refractivity contribution in [1.82, 2.24) is 0 Å². The van der Waals surface area contributed by atoms with Crippen molar-refractivity contribution < 1.29 is 19.4 Å². The highest BCUT2D eigenvalue weighted by atomic mass is 35.5. The molecule has 0 saturated heterocycles. The van der Waals surface area contributed by atoms with Gasteiger partial charge in [0.15, 0.2) is 11.5 Å². The summed E-state index contributed by atoms with van der Waals surface area (Å²) in [6.07, 6.45) is 0. The number of carboxylic acids is 1. The summed E-state index contributed by atoms with van der Waals surface area (Å²) in [6.45, 7) is 4.72. The highest BCUT2D eigenvalue weighted by Crippen LogP contribution is 2.46. The predicted octanol–water partition coefficient (Wildman–Crippen LogP) is 2.32. The number of benzene rings is 1. The Balaban J connectivity index is 2.66. The molecule has 1 aromatic rings. The molecule has 5 nitrogen and oxygen atoms in total. The largest absolute Gasteiger partial charge is 0.486 e. The molecule has 0 fully saturated rings. The van der Waals surface area contributed by atoms with Gasteiger partial charge >= 0.3 is 5.97 Å². The molecule has 2 rings (SSSR count). The van der Waals surface area contributed by atoms with Gasteiger partial charge in [-0.3, -0.25) is 4.79 Å². The van der Waals surface area contributed by atoms with E-state index < -0.39 is 12.0 Å². The number of halogens is 1. The molecule has 1 atom stereocenters. The van der Waals surface area contributed by atoms with Gasteiger partial charge in [-0.05, 0) is 17.5 Å². The standard InChI is InChI=1S/C13H16ClNO4/c1-6(2)9-7(10(15)13(16)17)5-8(14)11-12(9)19-4-3-18-11/h5-6,10H,3-4,15H2,1-2H3,(H,16,17). The molecule has 1 heterocycles. The van der Waals surface area contributed by atoms with Crippen LogP contribution in [-0.2, 0) is 4.79 Å². The summed E-state index contributed by atoms with van der Waals surface area (Å²) in [5.74, 6) is -0.0684. The number of hydrogen-bond donors (Lipinski definition) is 2. The summed E-state index contributed by atoms with van der Waals surface area (Å²) in [5, 5.41) is 9.42. The van der Waals surface area contributed by atoms with Crippen LogP contribution in [0.3, 0.4) is 0 Å². The van der Waals surface area contributed by atoms with Gasteiger partial charge in [-0.15, -0.1) is 0 Å². The SMILES string of the molecule is CC(C)c1c(C(N)C(=O)O)cc(Cl)c2c1OCCO2. The Labute approximate surface area is 116 Å². The van der Waals surface area contributed by atoms with Crippen molar-refractivity contribution in [3.63, 3.8) is 0 Å². The third kappa shape index (κ3) is 2.48. The third-order valence-corrected chi connectivity index (χ3v) is 3.30. The second kappa shape index (κ2) is 5.27. The van der Waals surface area contributed by atoms with Crippen LogP contribution in [0.1, 0.15) is 36.9 Å². The quantitative estimate of drug-likeness (QED) is 0.890. The van der Waals surface area contributed by atoms with Crippen molar-refractivity contribution in [2.75, 3.05) is 13.2 Å². The molecule has 1 aliphatic rings. The summed E-state index contributed by atoms with van der Waals surface area (Å²) < 4.78 is 11.1. The molecule has 19 heavy (non-hydrogen) atoms. The number of carbonyl (C=O) groups is 1. The van der Waals surface area contributed by atoms with Gasteiger partial charge in [0.05, 0.1) is 5.02 Å². The van der Waals surface area contributed by atoms with Crippen molar-refractivity contribution in [2.24, 2.45) is 5.73 Å². The number of fused-ring (bicyclic) bond motifs is 1. The maximum Gasteiger partial charge on any atom is 0.325 e. The van der Waals surface area contributed by atoms with E-state index in [2.05, 4.69) is 0 Å². The molecular weight excluding hydrogens is 270 g/mol. The number of aliphatic carboxylic acids is 1. The van der Waals surface area contributed by atoms with Gasteiger partial charge in [0, 0.05) is 5.56 Å². The Morgan fingerprint density at radius 1 is 1.37 bits per heavy atom. The van der Waals surface area contributed by atoms with Crippen molar-refractivity contribution in [3.8, 4) is 11.5 Å². The van der Waals surface area contributed by atoms with E-state index in [-0.39, 0.29) is 5.92 Å². The summed E-state index contributed by atoms with van der Waals surface area (Å²) >= 11 is 6.12. The first-order chi connectivity index (χ1) is 8.93. The van der Waals surface area contributed by atoms with Crippen LogP contribution in [0.15, 0.2) is 6.07 Å². The monoisotopic (exact) mass is 285 g/mol. The number of rotatable bonds is 3. The lowest BCUT2D eigenvalue weighted by Crippen LogP contribution is -2.24. The van der Waals surface area contributed by atoms with Crippen LogP contribution in [0.2, 0.25) is 5.02 Å². The maximum atomic E-state index is 11.1. The van der Waals surface area contributed by atoms with Gasteiger partial charge in [-0.25, -0.2) is 0 Å². The predicted molar refractivity (Wildman–Crippen MR) is 71.1 cm³/mol. The second-order valence-corrected chi connectivity index (χ2v) is 5.09. The molecule has 6 heteroatoms. The van der Waals surface area contributed by atoms with E-state index in [9.17, 15) is 4.79 Å². The molecular formula is C13H16ClNO4. The molecule has 0 radical (unpaired) electrons. The summed E-state index contributed by atoms with van der Waals surface area (Å²) in [4.78, 5) is 11.1. The average Bonchev–Trinajstić information content (AvgIpc) is 2.37. The molecule has 1 unspecified atom stereocenters.